The van der Waals surface area contributed by atoms with E-state index in [-0.39, 0.29) is 24.7 Å². The predicted octanol–water partition coefficient (Wildman–Crippen LogP) is 2.77. The van der Waals surface area contributed by atoms with Crippen LogP contribution in [0.3, 0.4) is 0 Å². The molecule has 142 valence electrons. The average Bonchev–Trinajstić information content (AvgIpc) is 3.31. The molecule has 27 heavy (non-hydrogen) atoms. The summed E-state index contributed by atoms with van der Waals surface area (Å²) in [6, 6.07) is 6.88. The number of fused-ring (bicyclic) bond motifs is 1. The number of carboxylic acid groups (broad SMARTS) is 1. The van der Waals surface area contributed by atoms with E-state index in [2.05, 4.69) is 20.4 Å². The van der Waals surface area contributed by atoms with Crippen molar-refractivity contribution in [1.82, 2.24) is 20.4 Å². The van der Waals surface area contributed by atoms with Gasteiger partial charge in [-0.1, -0.05) is 37.6 Å². The lowest BCUT2D eigenvalue weighted by Crippen LogP contribution is -2.45. The molecule has 2 aromatic heterocycles. The number of aromatic amines is 1. The Kier molecular flexibility index (Phi) is 5.54. The standard InChI is InChI=1S/C19H22N4O4/c1-3-11(2)17(19(25)26)21-15(24)6-7-16-22-18(23-27-16)13-5-4-12-8-9-20-14(12)10-13/h4-5,8-11,17,20H,3,6-7H2,1-2H3,(H,21,24)(H,25,26)/t11-,17+/m0/s1. The van der Waals surface area contributed by atoms with Crippen molar-refractivity contribution in [1.29, 1.82) is 0 Å². The van der Waals surface area contributed by atoms with E-state index in [1.54, 1.807) is 6.92 Å². The Balaban J connectivity index is 1.60. The lowest BCUT2D eigenvalue weighted by atomic mass is 9.99. The van der Waals surface area contributed by atoms with Crippen LogP contribution in [0.1, 0.15) is 32.6 Å². The van der Waals surface area contributed by atoms with Crippen molar-refractivity contribution >= 4 is 22.8 Å². The zero-order chi connectivity index (χ0) is 19.4. The molecule has 0 saturated heterocycles. The third-order valence-corrected chi connectivity index (χ3v) is 4.64. The summed E-state index contributed by atoms with van der Waals surface area (Å²) in [6.45, 7) is 3.68. The van der Waals surface area contributed by atoms with Crippen LogP contribution in [-0.4, -0.2) is 38.1 Å². The van der Waals surface area contributed by atoms with Gasteiger partial charge in [0.15, 0.2) is 0 Å². The van der Waals surface area contributed by atoms with Crippen LogP contribution in [0.4, 0.5) is 0 Å². The van der Waals surface area contributed by atoms with Crippen molar-refractivity contribution in [2.75, 3.05) is 0 Å². The number of aryl methyl sites for hydroxylation is 1. The normalized spacial score (nSPS) is 13.4. The highest BCUT2D eigenvalue weighted by Crippen LogP contribution is 2.21. The largest absolute Gasteiger partial charge is 0.480 e. The van der Waals surface area contributed by atoms with Gasteiger partial charge in [-0.3, -0.25) is 4.79 Å². The number of H-pyrrole nitrogens is 1. The molecular weight excluding hydrogens is 348 g/mol. The molecule has 0 aliphatic carbocycles. The molecule has 2 atom stereocenters. The van der Waals surface area contributed by atoms with Crippen LogP contribution in [0.5, 0.6) is 0 Å². The third kappa shape index (κ3) is 4.33. The first-order valence-corrected chi connectivity index (χ1v) is 8.90. The number of amides is 1. The molecule has 1 aromatic carbocycles. The summed E-state index contributed by atoms with van der Waals surface area (Å²) in [4.78, 5) is 30.8. The summed E-state index contributed by atoms with van der Waals surface area (Å²) in [5.41, 5.74) is 1.79. The number of hydrogen-bond acceptors (Lipinski definition) is 5. The Morgan fingerprint density at radius 2 is 2.15 bits per heavy atom. The lowest BCUT2D eigenvalue weighted by molar-refractivity contribution is -0.143. The van der Waals surface area contributed by atoms with E-state index >= 15 is 0 Å². The SMILES string of the molecule is CC[C@H](C)[C@@H](NC(=O)CCc1nc(-c2ccc3cc[nH]c3c2)no1)C(=O)O. The maximum Gasteiger partial charge on any atom is 0.326 e. The number of hydrogen-bond donors (Lipinski definition) is 3. The van der Waals surface area contributed by atoms with Crippen molar-refractivity contribution in [2.45, 2.75) is 39.2 Å². The number of benzene rings is 1. The number of carboxylic acids is 1. The lowest BCUT2D eigenvalue weighted by Gasteiger charge is -2.19. The first kappa shape index (κ1) is 18.6. The monoisotopic (exact) mass is 370 g/mol. The zero-order valence-electron chi connectivity index (χ0n) is 15.2. The predicted molar refractivity (Wildman–Crippen MR) is 98.9 cm³/mol. The van der Waals surface area contributed by atoms with Crippen LogP contribution in [0, 0.1) is 5.92 Å². The van der Waals surface area contributed by atoms with E-state index in [0.29, 0.717) is 18.1 Å². The molecule has 0 bridgehead atoms. The molecule has 3 rings (SSSR count). The Bertz CT molecular complexity index is 946. The number of aliphatic carboxylic acids is 1. The van der Waals surface area contributed by atoms with Gasteiger partial charge in [-0.2, -0.15) is 4.98 Å². The number of carbonyl (C=O) groups excluding carboxylic acids is 1. The molecule has 1 amide bonds. The second-order valence-corrected chi connectivity index (χ2v) is 6.56. The van der Waals surface area contributed by atoms with E-state index in [4.69, 9.17) is 4.52 Å². The molecular formula is C19H22N4O4. The van der Waals surface area contributed by atoms with Gasteiger partial charge in [-0.15, -0.1) is 0 Å². The van der Waals surface area contributed by atoms with Gasteiger partial charge in [0.05, 0.1) is 0 Å². The second-order valence-electron chi connectivity index (χ2n) is 6.56. The fraction of sp³-hybridized carbons (Fsp3) is 0.368. The number of nitrogens with one attached hydrogen (secondary N) is 2. The van der Waals surface area contributed by atoms with Gasteiger partial charge in [0.1, 0.15) is 6.04 Å². The Morgan fingerprint density at radius 3 is 2.89 bits per heavy atom. The quantitative estimate of drug-likeness (QED) is 0.560. The molecule has 0 aliphatic rings. The van der Waals surface area contributed by atoms with Crippen LogP contribution >= 0.6 is 0 Å². The maximum atomic E-state index is 12.1. The van der Waals surface area contributed by atoms with Gasteiger partial charge in [0.25, 0.3) is 0 Å². The minimum absolute atomic E-state index is 0.0809. The van der Waals surface area contributed by atoms with Gasteiger partial charge in [-0.25, -0.2) is 4.79 Å². The Morgan fingerprint density at radius 1 is 1.33 bits per heavy atom. The molecule has 3 N–H and O–H groups in total. The smallest absolute Gasteiger partial charge is 0.326 e. The maximum absolute atomic E-state index is 12.1. The van der Waals surface area contributed by atoms with Gasteiger partial charge >= 0.3 is 5.97 Å². The Labute approximate surface area is 156 Å². The molecule has 0 radical (unpaired) electrons. The highest BCUT2D eigenvalue weighted by molar-refractivity contribution is 5.84. The zero-order valence-corrected chi connectivity index (χ0v) is 15.2. The highest BCUT2D eigenvalue weighted by Gasteiger charge is 2.25. The number of carbonyl (C=O) groups is 2. The van der Waals surface area contributed by atoms with Crippen molar-refractivity contribution < 1.29 is 19.2 Å². The summed E-state index contributed by atoms with van der Waals surface area (Å²) < 4.78 is 5.22. The van der Waals surface area contributed by atoms with Crippen LogP contribution in [-0.2, 0) is 16.0 Å². The van der Waals surface area contributed by atoms with Crippen LogP contribution < -0.4 is 5.32 Å². The van der Waals surface area contributed by atoms with Crippen LogP contribution in [0.15, 0.2) is 35.0 Å². The van der Waals surface area contributed by atoms with Gasteiger partial charge < -0.3 is 19.9 Å². The van der Waals surface area contributed by atoms with Gasteiger partial charge in [0, 0.05) is 30.1 Å². The molecule has 8 nitrogen and oxygen atoms in total. The summed E-state index contributed by atoms with van der Waals surface area (Å²) in [5.74, 6) is -0.746. The minimum atomic E-state index is -1.03. The van der Waals surface area contributed by atoms with Crippen molar-refractivity contribution in [3.05, 3.63) is 36.4 Å². The molecule has 3 aromatic rings. The van der Waals surface area contributed by atoms with E-state index < -0.39 is 12.0 Å². The molecule has 2 heterocycles. The topological polar surface area (TPSA) is 121 Å². The summed E-state index contributed by atoms with van der Waals surface area (Å²) in [6.07, 6.45) is 2.85. The van der Waals surface area contributed by atoms with E-state index in [1.807, 2.05) is 37.4 Å². The van der Waals surface area contributed by atoms with Crippen LogP contribution in [0.2, 0.25) is 0 Å². The summed E-state index contributed by atoms with van der Waals surface area (Å²) >= 11 is 0. The van der Waals surface area contributed by atoms with Crippen molar-refractivity contribution in [2.24, 2.45) is 5.92 Å². The van der Waals surface area contributed by atoms with E-state index in [1.165, 1.54) is 0 Å². The second kappa shape index (κ2) is 8.03. The van der Waals surface area contributed by atoms with Gasteiger partial charge in [-0.05, 0) is 23.4 Å². The van der Waals surface area contributed by atoms with Crippen LogP contribution in [0.25, 0.3) is 22.3 Å². The van der Waals surface area contributed by atoms with E-state index in [9.17, 15) is 14.7 Å². The first-order chi connectivity index (χ1) is 13.0. The average molecular weight is 370 g/mol. The molecule has 0 fully saturated rings. The fourth-order valence-corrected chi connectivity index (χ4v) is 2.81. The number of aromatic nitrogens is 3. The summed E-state index contributed by atoms with van der Waals surface area (Å²) in [7, 11) is 0. The number of rotatable bonds is 8. The Hall–Kier alpha value is -3.16. The van der Waals surface area contributed by atoms with Crippen molar-refractivity contribution in [3.8, 4) is 11.4 Å². The van der Waals surface area contributed by atoms with E-state index in [0.717, 1.165) is 16.5 Å². The third-order valence-electron chi connectivity index (χ3n) is 4.64. The molecule has 0 unspecified atom stereocenters. The van der Waals surface area contributed by atoms with Crippen molar-refractivity contribution in [3.63, 3.8) is 0 Å². The minimum Gasteiger partial charge on any atom is -0.480 e. The first-order valence-electron chi connectivity index (χ1n) is 8.90. The molecule has 8 heteroatoms. The number of nitrogens with zero attached hydrogens (tertiary/aromatic N) is 2. The molecule has 0 spiro atoms. The highest BCUT2D eigenvalue weighted by atomic mass is 16.5. The molecule has 0 saturated carbocycles. The van der Waals surface area contributed by atoms with Gasteiger partial charge in [0.2, 0.25) is 17.6 Å². The summed E-state index contributed by atoms with van der Waals surface area (Å²) in [5, 5.41) is 16.9. The molecule has 0 aliphatic heterocycles. The fourth-order valence-electron chi connectivity index (χ4n) is 2.81.